The molecule has 0 saturated heterocycles. The minimum absolute atomic E-state index is 0.0381. The lowest BCUT2D eigenvalue weighted by molar-refractivity contribution is -0.124. The maximum Gasteiger partial charge on any atom is 0.338 e. The number of ether oxygens (including phenoxy) is 1. The second-order valence-electron chi connectivity index (χ2n) is 6.14. The van der Waals surface area contributed by atoms with E-state index in [9.17, 15) is 18.0 Å². The summed E-state index contributed by atoms with van der Waals surface area (Å²) in [5.41, 5.74) is 0.231. The summed E-state index contributed by atoms with van der Waals surface area (Å²) in [6.45, 7) is 3.15. The van der Waals surface area contributed by atoms with Crippen LogP contribution in [0, 0.1) is 11.3 Å². The molecule has 0 aliphatic heterocycles. The summed E-state index contributed by atoms with van der Waals surface area (Å²) in [4.78, 5) is 23.7. The zero-order chi connectivity index (χ0) is 22.9. The molecule has 162 valence electrons. The third-order valence-corrected chi connectivity index (χ3v) is 6.06. The molecule has 0 aliphatic rings. The summed E-state index contributed by atoms with van der Waals surface area (Å²) < 4.78 is 32.5. The van der Waals surface area contributed by atoms with Crippen molar-refractivity contribution in [3.05, 3.63) is 71.8 Å². The first-order chi connectivity index (χ1) is 14.8. The lowest BCUT2D eigenvalue weighted by Crippen LogP contribution is -2.31. The Labute approximate surface area is 185 Å². The molecule has 10 heteroatoms. The van der Waals surface area contributed by atoms with Gasteiger partial charge in [0.2, 0.25) is 0 Å². The number of para-hydroxylation sites is 1. The predicted octanol–water partition coefficient (Wildman–Crippen LogP) is 2.91. The van der Waals surface area contributed by atoms with Crippen molar-refractivity contribution >= 4 is 39.2 Å². The van der Waals surface area contributed by atoms with Crippen molar-refractivity contribution in [2.24, 2.45) is 0 Å². The SMILES string of the molecule is C=CCN(c1ccccc1Cl)S(=O)(=O)c1cccc(C(=O)OCC(=O)NCCC#N)c1. The number of hydrogen-bond donors (Lipinski definition) is 1. The highest BCUT2D eigenvalue weighted by Crippen LogP contribution is 2.30. The molecule has 1 N–H and O–H groups in total. The van der Waals surface area contributed by atoms with E-state index in [2.05, 4.69) is 11.9 Å². The van der Waals surface area contributed by atoms with E-state index in [-0.39, 0.29) is 40.7 Å². The number of sulfonamides is 1. The fraction of sp³-hybridized carbons (Fsp3) is 0.190. The molecule has 0 radical (unpaired) electrons. The molecule has 0 unspecified atom stereocenters. The zero-order valence-electron chi connectivity index (χ0n) is 16.5. The summed E-state index contributed by atoms with van der Waals surface area (Å²) in [6, 6.07) is 13.6. The molecule has 2 aromatic rings. The molecule has 0 spiro atoms. The molecule has 0 atom stereocenters. The predicted molar refractivity (Wildman–Crippen MR) is 116 cm³/mol. The van der Waals surface area contributed by atoms with Crippen LogP contribution >= 0.6 is 11.6 Å². The van der Waals surface area contributed by atoms with Crippen molar-refractivity contribution in [1.82, 2.24) is 5.32 Å². The number of anilines is 1. The lowest BCUT2D eigenvalue weighted by atomic mass is 10.2. The van der Waals surface area contributed by atoms with Gasteiger partial charge in [-0.2, -0.15) is 5.26 Å². The highest BCUT2D eigenvalue weighted by Gasteiger charge is 2.26. The normalized spacial score (nSPS) is 10.6. The molecule has 0 saturated carbocycles. The minimum Gasteiger partial charge on any atom is -0.452 e. The first kappa shape index (κ1) is 23.9. The van der Waals surface area contributed by atoms with E-state index < -0.39 is 28.5 Å². The van der Waals surface area contributed by atoms with Gasteiger partial charge in [0.05, 0.1) is 40.2 Å². The average Bonchev–Trinajstić information content (AvgIpc) is 2.76. The van der Waals surface area contributed by atoms with Crippen molar-refractivity contribution in [2.45, 2.75) is 11.3 Å². The number of halogens is 1. The molecule has 0 fully saturated rings. The smallest absolute Gasteiger partial charge is 0.338 e. The molecular weight excluding hydrogens is 442 g/mol. The van der Waals surface area contributed by atoms with E-state index in [0.717, 1.165) is 10.4 Å². The summed E-state index contributed by atoms with van der Waals surface area (Å²) in [6.07, 6.45) is 1.55. The number of carbonyl (C=O) groups is 2. The van der Waals surface area contributed by atoms with E-state index in [1.54, 1.807) is 24.3 Å². The fourth-order valence-corrected chi connectivity index (χ4v) is 4.32. The number of carbonyl (C=O) groups excluding carboxylic acids is 2. The van der Waals surface area contributed by atoms with Gasteiger partial charge >= 0.3 is 5.97 Å². The standard InChI is InChI=1S/C21H20ClN3O5S/c1-2-13-25(19-10-4-3-9-18(19)22)31(28,29)17-8-5-7-16(14-17)21(27)30-15-20(26)24-12-6-11-23/h2-5,7-10,14H,1,6,12-13,15H2,(H,24,26). The molecule has 0 bridgehead atoms. The Morgan fingerprint density at radius 3 is 2.65 bits per heavy atom. The molecular formula is C21H20ClN3O5S. The molecule has 2 rings (SSSR count). The second kappa shape index (κ2) is 11.2. The third-order valence-electron chi connectivity index (χ3n) is 3.97. The Morgan fingerprint density at radius 1 is 1.23 bits per heavy atom. The van der Waals surface area contributed by atoms with Crippen LogP contribution in [0.3, 0.4) is 0 Å². The molecule has 0 aliphatic carbocycles. The topological polar surface area (TPSA) is 117 Å². The number of rotatable bonds is 10. The Morgan fingerprint density at radius 2 is 1.97 bits per heavy atom. The van der Waals surface area contributed by atoms with Crippen LogP contribution < -0.4 is 9.62 Å². The number of nitrogens with one attached hydrogen (secondary N) is 1. The maximum atomic E-state index is 13.2. The van der Waals surface area contributed by atoms with Crippen LogP contribution in [0.4, 0.5) is 5.69 Å². The zero-order valence-corrected chi connectivity index (χ0v) is 18.0. The van der Waals surface area contributed by atoms with E-state index in [0.29, 0.717) is 0 Å². The molecule has 1 amide bonds. The summed E-state index contributed by atoms with van der Waals surface area (Å²) in [5.74, 6) is -1.43. The number of esters is 1. The van der Waals surface area contributed by atoms with Crippen LogP contribution in [0.15, 0.2) is 66.1 Å². The highest BCUT2D eigenvalue weighted by molar-refractivity contribution is 7.92. The second-order valence-corrected chi connectivity index (χ2v) is 8.41. The van der Waals surface area contributed by atoms with E-state index in [1.165, 1.54) is 24.3 Å². The maximum absolute atomic E-state index is 13.2. The Kier molecular flexibility index (Phi) is 8.61. The van der Waals surface area contributed by atoms with Gasteiger partial charge in [-0.1, -0.05) is 35.9 Å². The van der Waals surface area contributed by atoms with E-state index in [4.69, 9.17) is 21.6 Å². The van der Waals surface area contributed by atoms with Crippen molar-refractivity contribution < 1.29 is 22.7 Å². The third kappa shape index (κ3) is 6.31. The van der Waals surface area contributed by atoms with Crippen LogP contribution in [0.1, 0.15) is 16.8 Å². The monoisotopic (exact) mass is 461 g/mol. The summed E-state index contributed by atoms with van der Waals surface area (Å²) >= 11 is 6.18. The number of benzene rings is 2. The quantitative estimate of drug-likeness (QED) is 0.330. The van der Waals surface area contributed by atoms with Gasteiger partial charge in [-0.15, -0.1) is 6.58 Å². The van der Waals surface area contributed by atoms with Gasteiger partial charge in [0.25, 0.3) is 15.9 Å². The minimum atomic E-state index is -4.08. The van der Waals surface area contributed by atoms with Gasteiger partial charge < -0.3 is 10.1 Å². The first-order valence-electron chi connectivity index (χ1n) is 9.10. The lowest BCUT2D eigenvalue weighted by Gasteiger charge is -2.24. The van der Waals surface area contributed by atoms with E-state index >= 15 is 0 Å². The number of amides is 1. The fourth-order valence-electron chi connectivity index (χ4n) is 2.53. The highest BCUT2D eigenvalue weighted by atomic mass is 35.5. The first-order valence-corrected chi connectivity index (χ1v) is 10.9. The van der Waals surface area contributed by atoms with E-state index in [1.807, 2.05) is 6.07 Å². The summed E-state index contributed by atoms with van der Waals surface area (Å²) in [7, 11) is -4.08. The molecule has 0 aromatic heterocycles. The molecule has 0 heterocycles. The van der Waals surface area contributed by atoms with Gasteiger partial charge in [-0.3, -0.25) is 9.10 Å². The average molecular weight is 462 g/mol. The number of nitrogens with zero attached hydrogens (tertiary/aromatic N) is 2. The van der Waals surface area contributed by atoms with Crippen LogP contribution in [0.25, 0.3) is 0 Å². The Bertz CT molecular complexity index is 1110. The van der Waals surface area contributed by atoms with Gasteiger partial charge in [0.1, 0.15) is 0 Å². The number of hydrogen-bond acceptors (Lipinski definition) is 6. The molecule has 2 aromatic carbocycles. The van der Waals surface area contributed by atoms with Crippen LogP contribution in [-0.4, -0.2) is 40.0 Å². The van der Waals surface area contributed by atoms with Gasteiger partial charge in [-0.25, -0.2) is 13.2 Å². The Hall–Kier alpha value is -3.35. The Balaban J connectivity index is 2.23. The van der Waals surface area contributed by atoms with Crippen LogP contribution in [-0.2, 0) is 19.6 Å². The molecule has 8 nitrogen and oxygen atoms in total. The van der Waals surface area contributed by atoms with Crippen molar-refractivity contribution in [3.63, 3.8) is 0 Å². The number of nitriles is 1. The van der Waals surface area contributed by atoms with Crippen molar-refractivity contribution in [2.75, 3.05) is 24.0 Å². The molecule has 31 heavy (non-hydrogen) atoms. The van der Waals surface area contributed by atoms with Crippen LogP contribution in [0.5, 0.6) is 0 Å². The van der Waals surface area contributed by atoms with Crippen molar-refractivity contribution in [3.8, 4) is 6.07 Å². The largest absolute Gasteiger partial charge is 0.452 e. The summed E-state index contributed by atoms with van der Waals surface area (Å²) in [5, 5.41) is 11.1. The van der Waals surface area contributed by atoms with Crippen molar-refractivity contribution in [1.29, 1.82) is 5.26 Å². The van der Waals surface area contributed by atoms with Gasteiger partial charge in [-0.05, 0) is 30.3 Å². The van der Waals surface area contributed by atoms with Gasteiger partial charge in [0.15, 0.2) is 6.61 Å². The van der Waals surface area contributed by atoms with Crippen LogP contribution in [0.2, 0.25) is 5.02 Å². The van der Waals surface area contributed by atoms with Gasteiger partial charge in [0, 0.05) is 6.54 Å².